The first kappa shape index (κ1) is 18.6. The van der Waals surface area contributed by atoms with E-state index >= 15 is 0 Å². The van der Waals surface area contributed by atoms with Gasteiger partial charge in [0, 0.05) is 5.69 Å². The average molecular weight is 381 g/mol. The van der Waals surface area contributed by atoms with Gasteiger partial charge >= 0.3 is 11.7 Å². The lowest BCUT2D eigenvalue weighted by Crippen LogP contribution is -2.14. The molecular weight excluding hydrogens is 366 g/mol. The number of azo groups is 1. The summed E-state index contributed by atoms with van der Waals surface area (Å²) in [7, 11) is 0. The summed E-state index contributed by atoms with van der Waals surface area (Å²) in [5.41, 5.74) is 1.19. The van der Waals surface area contributed by atoms with Crippen LogP contribution in [0.4, 0.5) is 11.4 Å². The molecule has 1 heterocycles. The Balaban J connectivity index is 1.79. The Morgan fingerprint density at radius 2 is 1.68 bits per heavy atom. The number of H-pyrrole nitrogens is 2. The van der Waals surface area contributed by atoms with Crippen molar-refractivity contribution in [3.63, 3.8) is 0 Å². The van der Waals surface area contributed by atoms with Gasteiger partial charge in [0.25, 0.3) is 5.91 Å². The molecule has 10 heteroatoms. The molecule has 0 aliphatic rings. The quantitative estimate of drug-likeness (QED) is 0.260. The molecule has 2 aromatic carbocycles. The fraction of sp³-hybridized carbons (Fsp3) is 0.0556. The fourth-order valence-electron chi connectivity index (χ4n) is 2.36. The van der Waals surface area contributed by atoms with Crippen molar-refractivity contribution < 1.29 is 19.8 Å². The molecule has 0 saturated carbocycles. The van der Waals surface area contributed by atoms with Crippen molar-refractivity contribution in [1.29, 1.82) is 0 Å². The minimum atomic E-state index is -1.07. The number of aromatic amines is 2. The predicted molar refractivity (Wildman–Crippen MR) is 101 cm³/mol. The van der Waals surface area contributed by atoms with Crippen molar-refractivity contribution in [3.05, 3.63) is 70.0 Å². The highest BCUT2D eigenvalue weighted by atomic mass is 16.4. The Hall–Kier alpha value is -4.21. The number of carboxylic acid groups (broad SMARTS) is 1. The van der Waals surface area contributed by atoms with Crippen molar-refractivity contribution in [2.45, 2.75) is 6.92 Å². The summed E-state index contributed by atoms with van der Waals surface area (Å²) < 4.78 is 0. The maximum atomic E-state index is 12.4. The zero-order chi connectivity index (χ0) is 20.3. The number of nitrogens with one attached hydrogen (secondary N) is 3. The molecule has 3 rings (SSSR count). The van der Waals surface area contributed by atoms with Crippen molar-refractivity contribution in [1.82, 2.24) is 9.97 Å². The first-order valence-electron chi connectivity index (χ1n) is 8.02. The van der Waals surface area contributed by atoms with E-state index in [0.717, 1.165) is 0 Å². The third kappa shape index (κ3) is 4.12. The van der Waals surface area contributed by atoms with Gasteiger partial charge in [0.05, 0.1) is 22.3 Å². The molecule has 1 aromatic heterocycles. The number of anilines is 1. The molecule has 0 spiro atoms. The molecule has 5 N–H and O–H groups in total. The Labute approximate surface area is 157 Å². The number of fused-ring (bicyclic) bond motifs is 1. The van der Waals surface area contributed by atoms with Crippen LogP contribution in [-0.2, 0) is 4.79 Å². The van der Waals surface area contributed by atoms with Gasteiger partial charge in [0.2, 0.25) is 0 Å². The molecule has 0 saturated heterocycles. The molecule has 1 amide bonds. The van der Waals surface area contributed by atoms with Gasteiger partial charge in [-0.15, -0.1) is 5.11 Å². The lowest BCUT2D eigenvalue weighted by Gasteiger charge is -2.06. The summed E-state index contributed by atoms with van der Waals surface area (Å²) in [6.45, 7) is 1.29. The molecule has 0 fully saturated rings. The summed E-state index contributed by atoms with van der Waals surface area (Å²) in [6, 6.07) is 10.3. The van der Waals surface area contributed by atoms with Crippen LogP contribution in [0, 0.1) is 0 Å². The van der Waals surface area contributed by atoms with E-state index in [1.165, 1.54) is 31.2 Å². The van der Waals surface area contributed by atoms with E-state index in [2.05, 4.69) is 25.5 Å². The van der Waals surface area contributed by atoms with E-state index < -0.39 is 11.9 Å². The van der Waals surface area contributed by atoms with Gasteiger partial charge in [-0.05, 0) is 49.4 Å². The van der Waals surface area contributed by atoms with E-state index in [4.69, 9.17) is 5.11 Å². The minimum Gasteiger partial charge on any atom is -0.510 e. The van der Waals surface area contributed by atoms with E-state index in [1.807, 2.05) is 0 Å². The number of benzene rings is 2. The second-order valence-electron chi connectivity index (χ2n) is 5.78. The van der Waals surface area contributed by atoms with Crippen LogP contribution in [0.25, 0.3) is 11.0 Å². The lowest BCUT2D eigenvalue weighted by molar-refractivity contribution is -0.113. The maximum absolute atomic E-state index is 12.4. The largest absolute Gasteiger partial charge is 0.510 e. The topological polar surface area (TPSA) is 160 Å². The predicted octanol–water partition coefficient (Wildman–Crippen LogP) is 3.07. The lowest BCUT2D eigenvalue weighted by atomic mass is 10.2. The third-order valence-electron chi connectivity index (χ3n) is 3.71. The van der Waals surface area contributed by atoms with Crippen LogP contribution >= 0.6 is 0 Å². The highest BCUT2D eigenvalue weighted by molar-refractivity contribution is 6.04. The van der Waals surface area contributed by atoms with Crippen LogP contribution in [0.1, 0.15) is 17.3 Å². The molecule has 0 atom stereocenters. The molecule has 28 heavy (non-hydrogen) atoms. The average Bonchev–Trinajstić information content (AvgIpc) is 3.01. The molecule has 0 unspecified atom stereocenters. The van der Waals surface area contributed by atoms with Crippen LogP contribution < -0.4 is 11.0 Å². The number of amides is 1. The summed E-state index contributed by atoms with van der Waals surface area (Å²) in [6.07, 6.45) is 0. The number of aromatic carboxylic acids is 1. The van der Waals surface area contributed by atoms with Gasteiger partial charge in [-0.2, -0.15) is 5.11 Å². The number of aromatic nitrogens is 2. The summed E-state index contributed by atoms with van der Waals surface area (Å²) >= 11 is 0. The number of carbonyl (C=O) groups excluding carboxylic acids is 1. The molecule has 10 nitrogen and oxygen atoms in total. The van der Waals surface area contributed by atoms with Gasteiger partial charge in [0.1, 0.15) is 5.76 Å². The van der Waals surface area contributed by atoms with Crippen LogP contribution in [0.15, 0.2) is 68.9 Å². The second kappa shape index (κ2) is 7.58. The molecule has 0 bridgehead atoms. The highest BCUT2D eigenvalue weighted by Gasteiger charge is 2.14. The van der Waals surface area contributed by atoms with E-state index in [1.54, 1.807) is 18.2 Å². The number of nitrogens with zero attached hydrogens (tertiary/aromatic N) is 2. The minimum absolute atomic E-state index is 0.0870. The summed E-state index contributed by atoms with van der Waals surface area (Å²) in [5.74, 6) is -2.13. The number of rotatable bonds is 5. The SMILES string of the molecule is CC(O)=C(N=Nc1ccc(C(=O)O)cc1)C(=O)Nc1ccc2[nH]c(=O)[nH]c2c1. The van der Waals surface area contributed by atoms with E-state index in [9.17, 15) is 19.5 Å². The fourth-order valence-corrected chi connectivity index (χ4v) is 2.36. The molecule has 0 aliphatic carbocycles. The van der Waals surface area contributed by atoms with Gasteiger partial charge in [-0.1, -0.05) is 0 Å². The molecule has 0 aliphatic heterocycles. The van der Waals surface area contributed by atoms with Crippen molar-refractivity contribution in [2.24, 2.45) is 10.2 Å². The van der Waals surface area contributed by atoms with Crippen molar-refractivity contribution >= 4 is 34.3 Å². The monoisotopic (exact) mass is 381 g/mol. The number of imidazole rings is 1. The standard InChI is InChI=1S/C18H15N5O5/c1-9(24)15(23-22-11-4-2-10(3-5-11)17(26)27)16(25)19-12-6-7-13-14(8-12)21-18(28)20-13/h2-8,24H,1H3,(H,19,25)(H,26,27)(H2,20,21,28). The third-order valence-corrected chi connectivity index (χ3v) is 3.71. The van der Waals surface area contributed by atoms with E-state index in [-0.39, 0.29) is 22.7 Å². The number of carbonyl (C=O) groups is 2. The zero-order valence-electron chi connectivity index (χ0n) is 14.6. The number of hydrogen-bond donors (Lipinski definition) is 5. The smallest absolute Gasteiger partial charge is 0.335 e. The van der Waals surface area contributed by atoms with Gasteiger partial charge in [-0.3, -0.25) is 4.79 Å². The number of allylic oxidation sites excluding steroid dienone is 1. The van der Waals surface area contributed by atoms with Crippen LogP contribution in [0.2, 0.25) is 0 Å². The second-order valence-corrected chi connectivity index (χ2v) is 5.78. The number of carboxylic acids is 1. The van der Waals surface area contributed by atoms with Crippen LogP contribution in [0.3, 0.4) is 0 Å². The van der Waals surface area contributed by atoms with Crippen LogP contribution in [0.5, 0.6) is 0 Å². The Bertz CT molecular complexity index is 1170. The Morgan fingerprint density at radius 1 is 1.00 bits per heavy atom. The Morgan fingerprint density at radius 3 is 2.32 bits per heavy atom. The maximum Gasteiger partial charge on any atom is 0.335 e. The number of aliphatic hydroxyl groups is 1. The zero-order valence-corrected chi connectivity index (χ0v) is 14.6. The summed E-state index contributed by atoms with van der Waals surface area (Å²) in [4.78, 5) is 39.7. The summed E-state index contributed by atoms with van der Waals surface area (Å²) in [5, 5.41) is 28.8. The van der Waals surface area contributed by atoms with Crippen molar-refractivity contribution in [3.8, 4) is 0 Å². The van der Waals surface area contributed by atoms with E-state index in [0.29, 0.717) is 22.4 Å². The highest BCUT2D eigenvalue weighted by Crippen LogP contribution is 2.19. The van der Waals surface area contributed by atoms with Crippen LogP contribution in [-0.4, -0.2) is 32.1 Å². The molecule has 3 aromatic rings. The Kier molecular flexibility index (Phi) is 5.03. The first-order valence-corrected chi connectivity index (χ1v) is 8.02. The molecule has 0 radical (unpaired) electrons. The number of hydrogen-bond acceptors (Lipinski definition) is 6. The van der Waals surface area contributed by atoms with Gasteiger partial charge in [0.15, 0.2) is 5.70 Å². The number of aliphatic hydroxyl groups excluding tert-OH is 1. The van der Waals surface area contributed by atoms with Crippen molar-refractivity contribution in [2.75, 3.05) is 5.32 Å². The van der Waals surface area contributed by atoms with Gasteiger partial charge < -0.3 is 25.5 Å². The normalized spacial score (nSPS) is 12.2. The molecular formula is C18H15N5O5. The molecule has 142 valence electrons. The van der Waals surface area contributed by atoms with Gasteiger partial charge in [-0.25, -0.2) is 9.59 Å². The first-order chi connectivity index (χ1) is 13.3.